The van der Waals surface area contributed by atoms with Gasteiger partial charge in [0.2, 0.25) is 5.82 Å². The molecule has 4 aromatic rings. The fraction of sp³-hybridized carbons (Fsp3) is 0.435. The van der Waals surface area contributed by atoms with Crippen LogP contribution in [0.2, 0.25) is 0 Å². The summed E-state index contributed by atoms with van der Waals surface area (Å²) in [5.74, 6) is 0.839. The fourth-order valence-corrected chi connectivity index (χ4v) is 4.97. The van der Waals surface area contributed by atoms with Gasteiger partial charge in [-0.1, -0.05) is 12.1 Å². The van der Waals surface area contributed by atoms with Crippen molar-refractivity contribution in [1.82, 2.24) is 34.4 Å². The maximum atomic E-state index is 12.9. The molecule has 2 aliphatic rings. The molecule has 6 rings (SSSR count). The highest BCUT2D eigenvalue weighted by Gasteiger charge is 2.29. The lowest BCUT2D eigenvalue weighted by Gasteiger charge is -2.33. The van der Waals surface area contributed by atoms with E-state index in [0.717, 1.165) is 42.8 Å². The van der Waals surface area contributed by atoms with Crippen molar-refractivity contribution in [1.29, 1.82) is 0 Å². The topological polar surface area (TPSA) is 123 Å². The minimum atomic E-state index is -0.225. The van der Waals surface area contributed by atoms with Gasteiger partial charge in [0, 0.05) is 25.7 Å². The normalized spacial score (nSPS) is 17.4. The summed E-state index contributed by atoms with van der Waals surface area (Å²) in [6, 6.07) is 7.92. The molecule has 0 aliphatic carbocycles. The largest absolute Gasteiger partial charge is 0.377 e. The van der Waals surface area contributed by atoms with Gasteiger partial charge in [0.05, 0.1) is 30.3 Å². The van der Waals surface area contributed by atoms with Gasteiger partial charge in [-0.2, -0.15) is 0 Å². The molecule has 0 unspecified atom stereocenters. The zero-order chi connectivity index (χ0) is 23.2. The second kappa shape index (κ2) is 8.24. The predicted molar refractivity (Wildman–Crippen MR) is 126 cm³/mol. The van der Waals surface area contributed by atoms with E-state index in [1.165, 1.54) is 6.33 Å². The molecular formula is C23H26N8O3. The quantitative estimate of drug-likeness (QED) is 0.460. The lowest BCUT2D eigenvalue weighted by Crippen LogP contribution is -2.49. The number of para-hydroxylation sites is 2. The molecule has 0 saturated carbocycles. The van der Waals surface area contributed by atoms with E-state index in [9.17, 15) is 9.59 Å². The summed E-state index contributed by atoms with van der Waals surface area (Å²) in [6.07, 6.45) is 3.14. The first-order chi connectivity index (χ1) is 16.6. The number of imidazole rings is 2. The Bertz CT molecular complexity index is 1430. The van der Waals surface area contributed by atoms with Crippen LogP contribution in [0.3, 0.4) is 0 Å². The minimum absolute atomic E-state index is 0.0233. The van der Waals surface area contributed by atoms with Gasteiger partial charge in [0.25, 0.3) is 5.91 Å². The van der Waals surface area contributed by atoms with Crippen molar-refractivity contribution >= 4 is 33.9 Å². The number of benzene rings is 1. The number of amides is 1. The Kier molecular flexibility index (Phi) is 5.05. The number of carbonyl (C=O) groups is 1. The number of nitrogens with one attached hydrogen (secondary N) is 2. The van der Waals surface area contributed by atoms with Gasteiger partial charge < -0.3 is 24.5 Å². The third-order valence-corrected chi connectivity index (χ3v) is 6.76. The number of aromatic nitrogens is 6. The number of H-pyrrole nitrogens is 1. The lowest BCUT2D eigenvalue weighted by molar-refractivity contribution is -0.00370. The molecule has 34 heavy (non-hydrogen) atoms. The van der Waals surface area contributed by atoms with Gasteiger partial charge in [0.1, 0.15) is 6.33 Å². The van der Waals surface area contributed by atoms with Crippen molar-refractivity contribution in [3.63, 3.8) is 0 Å². The molecule has 0 radical (unpaired) electrons. The van der Waals surface area contributed by atoms with Crippen molar-refractivity contribution in [3.8, 4) is 0 Å². The summed E-state index contributed by atoms with van der Waals surface area (Å²) in [7, 11) is 0. The second-order valence-corrected chi connectivity index (χ2v) is 8.79. The molecule has 2 saturated heterocycles. The number of fused-ring (bicyclic) bond motifs is 2. The number of hydrogen-bond acceptors (Lipinski definition) is 7. The van der Waals surface area contributed by atoms with E-state index in [1.54, 1.807) is 0 Å². The Morgan fingerprint density at radius 1 is 1.21 bits per heavy atom. The molecule has 0 spiro atoms. The van der Waals surface area contributed by atoms with Crippen LogP contribution in [-0.2, 0) is 11.3 Å². The van der Waals surface area contributed by atoms with E-state index in [2.05, 4.69) is 30.2 Å². The number of aryl methyl sites for hydroxylation is 1. The summed E-state index contributed by atoms with van der Waals surface area (Å²) < 4.78 is 8.86. The van der Waals surface area contributed by atoms with E-state index in [0.29, 0.717) is 36.7 Å². The van der Waals surface area contributed by atoms with E-state index >= 15 is 0 Å². The zero-order valence-electron chi connectivity index (χ0n) is 18.9. The molecule has 176 valence electrons. The molecule has 2 N–H and O–H groups in total. The van der Waals surface area contributed by atoms with Gasteiger partial charge >= 0.3 is 5.69 Å². The number of nitrogens with zero attached hydrogens (tertiary/aromatic N) is 6. The first-order valence-corrected chi connectivity index (χ1v) is 11.7. The Morgan fingerprint density at radius 2 is 2.00 bits per heavy atom. The van der Waals surface area contributed by atoms with Crippen LogP contribution in [0, 0.1) is 0 Å². The Labute approximate surface area is 194 Å². The summed E-state index contributed by atoms with van der Waals surface area (Å²) in [5, 5.41) is 2.96. The first kappa shape index (κ1) is 20.8. The van der Waals surface area contributed by atoms with Crippen LogP contribution < -0.4 is 15.9 Å². The van der Waals surface area contributed by atoms with Crippen molar-refractivity contribution in [2.75, 3.05) is 31.2 Å². The predicted octanol–water partition coefficient (Wildman–Crippen LogP) is 1.46. The Balaban J connectivity index is 1.27. The molecular weight excluding hydrogens is 436 g/mol. The number of carbonyl (C=O) groups excluding carboxylic acids is 1. The van der Waals surface area contributed by atoms with Gasteiger partial charge in [-0.3, -0.25) is 9.36 Å². The number of hydrogen-bond donors (Lipinski definition) is 2. The van der Waals surface area contributed by atoms with Gasteiger partial charge in [-0.25, -0.2) is 19.7 Å². The smallest absolute Gasteiger partial charge is 0.326 e. The van der Waals surface area contributed by atoms with Gasteiger partial charge in [-0.15, -0.1) is 0 Å². The van der Waals surface area contributed by atoms with E-state index < -0.39 is 0 Å². The van der Waals surface area contributed by atoms with Crippen LogP contribution in [0.4, 0.5) is 5.82 Å². The Hall–Kier alpha value is -3.73. The molecule has 2 fully saturated rings. The van der Waals surface area contributed by atoms with Crippen LogP contribution in [0.5, 0.6) is 0 Å². The fourth-order valence-electron chi connectivity index (χ4n) is 4.97. The SMILES string of the molecule is CCn1c(C(=O)NC2COC2)nc2c(N3CCC(n4c(=O)[nH]c5ccccc54)CC3)ncnc21. The number of piperidine rings is 1. The molecule has 3 aromatic heterocycles. The number of rotatable bonds is 5. The molecule has 0 bridgehead atoms. The monoisotopic (exact) mass is 462 g/mol. The van der Waals surface area contributed by atoms with Gasteiger partial charge in [-0.05, 0) is 31.9 Å². The van der Waals surface area contributed by atoms with E-state index in [1.807, 2.05) is 40.3 Å². The molecule has 1 aromatic carbocycles. The number of anilines is 1. The van der Waals surface area contributed by atoms with Crippen LogP contribution in [-0.4, -0.2) is 67.3 Å². The lowest BCUT2D eigenvalue weighted by atomic mass is 10.0. The highest BCUT2D eigenvalue weighted by atomic mass is 16.5. The standard InChI is InChI=1S/C23H26N8O3/c1-2-30-20-18(28-21(30)22(32)26-14-11-34-12-14)19(24-13-25-20)29-9-7-15(8-10-29)31-17-6-4-3-5-16(17)27-23(31)33/h3-6,13-15H,2,7-12H2,1H3,(H,26,32)(H,27,33). The van der Waals surface area contributed by atoms with Crippen LogP contribution >= 0.6 is 0 Å². The average molecular weight is 463 g/mol. The van der Waals surface area contributed by atoms with Crippen LogP contribution in [0.25, 0.3) is 22.2 Å². The Morgan fingerprint density at radius 3 is 2.74 bits per heavy atom. The summed E-state index contributed by atoms with van der Waals surface area (Å²) in [6.45, 7) is 5.04. The van der Waals surface area contributed by atoms with Crippen LogP contribution in [0.15, 0.2) is 35.4 Å². The summed E-state index contributed by atoms with van der Waals surface area (Å²) in [5.41, 5.74) is 3.00. The third-order valence-electron chi connectivity index (χ3n) is 6.76. The van der Waals surface area contributed by atoms with E-state index in [4.69, 9.17) is 4.74 Å². The molecule has 5 heterocycles. The summed E-state index contributed by atoms with van der Waals surface area (Å²) >= 11 is 0. The third kappa shape index (κ3) is 3.35. The molecule has 2 aliphatic heterocycles. The average Bonchev–Trinajstić information content (AvgIpc) is 3.38. The van der Waals surface area contributed by atoms with Crippen molar-refractivity contribution in [2.24, 2.45) is 0 Å². The van der Waals surface area contributed by atoms with Gasteiger partial charge in [0.15, 0.2) is 17.0 Å². The highest BCUT2D eigenvalue weighted by molar-refractivity contribution is 5.96. The van der Waals surface area contributed by atoms with E-state index in [-0.39, 0.29) is 23.7 Å². The zero-order valence-corrected chi connectivity index (χ0v) is 18.9. The van der Waals surface area contributed by atoms with Crippen molar-refractivity contribution in [3.05, 3.63) is 46.9 Å². The summed E-state index contributed by atoms with van der Waals surface area (Å²) in [4.78, 5) is 44.2. The molecule has 11 heteroatoms. The number of aromatic amines is 1. The van der Waals surface area contributed by atoms with Crippen molar-refractivity contribution < 1.29 is 9.53 Å². The van der Waals surface area contributed by atoms with Crippen molar-refractivity contribution in [2.45, 2.75) is 38.4 Å². The maximum absolute atomic E-state index is 12.9. The molecule has 11 nitrogen and oxygen atoms in total. The minimum Gasteiger partial charge on any atom is -0.377 e. The first-order valence-electron chi connectivity index (χ1n) is 11.7. The maximum Gasteiger partial charge on any atom is 0.326 e. The molecule has 1 amide bonds. The van der Waals surface area contributed by atoms with Crippen LogP contribution in [0.1, 0.15) is 36.4 Å². The second-order valence-electron chi connectivity index (χ2n) is 8.79. The molecule has 0 atom stereocenters. The number of ether oxygens (including phenoxy) is 1. The highest BCUT2D eigenvalue weighted by Crippen LogP contribution is 2.30.